The van der Waals surface area contributed by atoms with Gasteiger partial charge in [0.2, 0.25) is 0 Å². The first-order valence-corrected chi connectivity index (χ1v) is 7.61. The monoisotopic (exact) mass is 284 g/mol. The first kappa shape index (κ1) is 14.1. The molecule has 0 aromatic heterocycles. The van der Waals surface area contributed by atoms with Gasteiger partial charge in [-0.25, -0.2) is 4.39 Å². The van der Waals surface area contributed by atoms with Crippen molar-refractivity contribution < 1.29 is 4.39 Å². The fourth-order valence-electron chi connectivity index (χ4n) is 2.87. The molecule has 0 saturated heterocycles. The smallest absolute Gasteiger partial charge is 0.123 e. The second-order valence-corrected chi connectivity index (χ2v) is 5.52. The number of para-hydroxylation sites is 1. The van der Waals surface area contributed by atoms with Crippen LogP contribution in [0.4, 0.5) is 10.1 Å². The first-order valence-electron chi connectivity index (χ1n) is 7.61. The molecule has 110 valence electrons. The summed E-state index contributed by atoms with van der Waals surface area (Å²) in [5.41, 5.74) is 4.00. The van der Waals surface area contributed by atoms with Crippen LogP contribution in [0.3, 0.4) is 0 Å². The van der Waals surface area contributed by atoms with Crippen LogP contribution < -0.4 is 10.2 Å². The molecule has 0 fully saturated rings. The third-order valence-corrected chi connectivity index (χ3v) is 4.01. The van der Waals surface area contributed by atoms with Crippen molar-refractivity contribution in [2.45, 2.75) is 19.4 Å². The molecule has 1 aliphatic heterocycles. The highest BCUT2D eigenvalue weighted by Gasteiger charge is 2.16. The quantitative estimate of drug-likeness (QED) is 0.818. The topological polar surface area (TPSA) is 15.3 Å². The van der Waals surface area contributed by atoms with Crippen molar-refractivity contribution in [2.24, 2.45) is 0 Å². The van der Waals surface area contributed by atoms with Crippen molar-refractivity contribution in [2.75, 3.05) is 24.5 Å². The Bertz CT molecular complexity index is 580. The third-order valence-electron chi connectivity index (χ3n) is 4.01. The largest absolute Gasteiger partial charge is 0.371 e. The van der Waals surface area contributed by atoms with Gasteiger partial charge in [0, 0.05) is 25.3 Å². The van der Waals surface area contributed by atoms with Crippen molar-refractivity contribution in [1.29, 1.82) is 0 Å². The average Bonchev–Trinajstić information content (AvgIpc) is 2.92. The van der Waals surface area contributed by atoms with Crippen LogP contribution in [0.2, 0.25) is 0 Å². The molecule has 0 saturated carbocycles. The highest BCUT2D eigenvalue weighted by Crippen LogP contribution is 2.27. The summed E-state index contributed by atoms with van der Waals surface area (Å²) in [4.78, 5) is 2.47. The molecule has 0 radical (unpaired) electrons. The van der Waals surface area contributed by atoms with E-state index in [4.69, 9.17) is 0 Å². The van der Waals surface area contributed by atoms with Gasteiger partial charge in [-0.1, -0.05) is 30.3 Å². The van der Waals surface area contributed by atoms with Gasteiger partial charge in [0.25, 0.3) is 0 Å². The maximum Gasteiger partial charge on any atom is 0.123 e. The van der Waals surface area contributed by atoms with E-state index in [1.54, 1.807) is 0 Å². The van der Waals surface area contributed by atoms with E-state index in [-0.39, 0.29) is 5.82 Å². The zero-order chi connectivity index (χ0) is 14.5. The number of nitrogens with one attached hydrogen (secondary N) is 1. The number of anilines is 1. The summed E-state index contributed by atoms with van der Waals surface area (Å²) >= 11 is 0. The van der Waals surface area contributed by atoms with Crippen LogP contribution in [0.15, 0.2) is 48.5 Å². The lowest BCUT2D eigenvalue weighted by Gasteiger charge is -2.19. The highest BCUT2D eigenvalue weighted by atomic mass is 19.1. The summed E-state index contributed by atoms with van der Waals surface area (Å²) in [7, 11) is 0. The Morgan fingerprint density at radius 3 is 2.71 bits per heavy atom. The lowest BCUT2D eigenvalue weighted by Crippen LogP contribution is -2.25. The Morgan fingerprint density at radius 1 is 1.05 bits per heavy atom. The van der Waals surface area contributed by atoms with Gasteiger partial charge in [-0.15, -0.1) is 0 Å². The highest BCUT2D eigenvalue weighted by molar-refractivity contribution is 5.57. The Morgan fingerprint density at radius 2 is 1.86 bits per heavy atom. The van der Waals surface area contributed by atoms with Crippen LogP contribution >= 0.6 is 0 Å². The molecule has 1 N–H and O–H groups in total. The van der Waals surface area contributed by atoms with Crippen LogP contribution in [-0.4, -0.2) is 19.6 Å². The molecule has 2 aromatic rings. The zero-order valence-corrected chi connectivity index (χ0v) is 12.2. The molecular formula is C18H21FN2. The molecule has 21 heavy (non-hydrogen) atoms. The van der Waals surface area contributed by atoms with E-state index in [0.29, 0.717) is 0 Å². The van der Waals surface area contributed by atoms with E-state index >= 15 is 0 Å². The number of halogens is 1. The molecule has 1 heterocycles. The van der Waals surface area contributed by atoms with Gasteiger partial charge in [-0.3, -0.25) is 0 Å². The van der Waals surface area contributed by atoms with Gasteiger partial charge in [-0.05, 0) is 48.7 Å². The van der Waals surface area contributed by atoms with E-state index in [2.05, 4.69) is 34.5 Å². The predicted molar refractivity (Wildman–Crippen MR) is 85.1 cm³/mol. The van der Waals surface area contributed by atoms with Gasteiger partial charge in [0.15, 0.2) is 0 Å². The van der Waals surface area contributed by atoms with Crippen LogP contribution in [0.25, 0.3) is 0 Å². The van der Waals surface area contributed by atoms with E-state index < -0.39 is 0 Å². The number of fused-ring (bicyclic) bond motifs is 1. The molecule has 0 atom stereocenters. The third kappa shape index (κ3) is 3.61. The summed E-state index contributed by atoms with van der Waals surface area (Å²) < 4.78 is 12.8. The van der Waals surface area contributed by atoms with Gasteiger partial charge >= 0.3 is 0 Å². The molecular weight excluding hydrogens is 263 g/mol. The maximum absolute atomic E-state index is 12.8. The molecule has 0 bridgehead atoms. The van der Waals surface area contributed by atoms with Crippen molar-refractivity contribution in [3.05, 3.63) is 65.5 Å². The van der Waals surface area contributed by atoms with Crippen molar-refractivity contribution >= 4 is 5.69 Å². The van der Waals surface area contributed by atoms with Crippen LogP contribution in [0, 0.1) is 5.82 Å². The number of benzene rings is 2. The first-order chi connectivity index (χ1) is 10.3. The molecule has 1 aliphatic rings. The average molecular weight is 284 g/mol. The van der Waals surface area contributed by atoms with Crippen molar-refractivity contribution in [3.8, 4) is 0 Å². The molecule has 2 aromatic carbocycles. The predicted octanol–water partition coefficient (Wildman–Crippen LogP) is 3.37. The molecule has 0 amide bonds. The standard InChI is InChI=1S/C18H21FN2/c19-17-8-6-15(7-9-17)14-20-11-3-12-21-13-10-16-4-1-2-5-18(16)21/h1-2,4-9,20H,3,10-14H2. The summed E-state index contributed by atoms with van der Waals surface area (Å²) in [6, 6.07) is 15.4. The molecule has 2 nitrogen and oxygen atoms in total. The molecule has 0 aliphatic carbocycles. The summed E-state index contributed by atoms with van der Waals surface area (Å²) in [6.45, 7) is 4.01. The SMILES string of the molecule is Fc1ccc(CNCCCN2CCc3ccccc32)cc1. The van der Waals surface area contributed by atoms with Crippen LogP contribution in [0.5, 0.6) is 0 Å². The summed E-state index contributed by atoms with van der Waals surface area (Å²) in [6.07, 6.45) is 2.29. The number of hydrogen-bond acceptors (Lipinski definition) is 2. The lowest BCUT2D eigenvalue weighted by atomic mass is 10.2. The summed E-state index contributed by atoms with van der Waals surface area (Å²) in [5.74, 6) is -0.175. The molecule has 3 heteroatoms. The fraction of sp³-hybridized carbons (Fsp3) is 0.333. The minimum absolute atomic E-state index is 0.175. The number of rotatable bonds is 6. The van der Waals surface area contributed by atoms with Crippen molar-refractivity contribution in [3.63, 3.8) is 0 Å². The normalized spacial score (nSPS) is 13.5. The molecule has 3 rings (SSSR count). The van der Waals surface area contributed by atoms with Crippen LogP contribution in [-0.2, 0) is 13.0 Å². The Labute approximate surface area is 125 Å². The molecule has 0 unspecified atom stereocenters. The Balaban J connectivity index is 1.38. The van der Waals surface area contributed by atoms with E-state index in [1.807, 2.05) is 12.1 Å². The molecule has 0 spiro atoms. The van der Waals surface area contributed by atoms with Gasteiger partial charge < -0.3 is 10.2 Å². The van der Waals surface area contributed by atoms with Gasteiger partial charge in [0.05, 0.1) is 0 Å². The van der Waals surface area contributed by atoms with Gasteiger partial charge in [0.1, 0.15) is 5.82 Å². The summed E-state index contributed by atoms with van der Waals surface area (Å²) in [5, 5.41) is 3.42. The minimum Gasteiger partial charge on any atom is -0.371 e. The lowest BCUT2D eigenvalue weighted by molar-refractivity contribution is 0.621. The van der Waals surface area contributed by atoms with Gasteiger partial charge in [-0.2, -0.15) is 0 Å². The number of nitrogens with zero attached hydrogens (tertiary/aromatic N) is 1. The Hall–Kier alpha value is -1.87. The van der Waals surface area contributed by atoms with E-state index in [1.165, 1.54) is 29.8 Å². The second-order valence-electron chi connectivity index (χ2n) is 5.52. The van der Waals surface area contributed by atoms with E-state index in [9.17, 15) is 4.39 Å². The maximum atomic E-state index is 12.8. The Kier molecular flexibility index (Phi) is 4.51. The van der Waals surface area contributed by atoms with Crippen LogP contribution in [0.1, 0.15) is 17.5 Å². The van der Waals surface area contributed by atoms with Crippen molar-refractivity contribution in [1.82, 2.24) is 5.32 Å². The fourth-order valence-corrected chi connectivity index (χ4v) is 2.87. The van der Waals surface area contributed by atoms with E-state index in [0.717, 1.165) is 38.2 Å². The number of hydrogen-bond donors (Lipinski definition) is 1. The minimum atomic E-state index is -0.175. The second kappa shape index (κ2) is 6.72. The zero-order valence-electron chi connectivity index (χ0n) is 12.2.